The van der Waals surface area contributed by atoms with Gasteiger partial charge in [-0.2, -0.15) is 0 Å². The van der Waals surface area contributed by atoms with Gasteiger partial charge in [0.1, 0.15) is 5.75 Å². The van der Waals surface area contributed by atoms with E-state index in [9.17, 15) is 4.79 Å². The number of hydrogen-bond acceptors (Lipinski definition) is 2. The summed E-state index contributed by atoms with van der Waals surface area (Å²) in [6.07, 6.45) is 0.715. The third kappa shape index (κ3) is 3.75. The number of benzene rings is 2. The molecular weight excluding hydrogens is 295 g/mol. The van der Waals surface area contributed by atoms with Crippen LogP contribution >= 0.6 is 23.2 Å². The lowest BCUT2D eigenvalue weighted by molar-refractivity contribution is 0.103. The second-order valence-corrected chi connectivity index (χ2v) is 5.22. The molecule has 0 N–H and O–H groups in total. The molecule has 4 heteroatoms. The highest BCUT2D eigenvalue weighted by atomic mass is 35.5. The van der Waals surface area contributed by atoms with Crippen molar-refractivity contribution in [2.75, 3.05) is 0 Å². The van der Waals surface area contributed by atoms with E-state index < -0.39 is 0 Å². The zero-order chi connectivity index (χ0) is 14.5. The molecule has 2 rings (SSSR count). The Hall–Kier alpha value is -1.51. The second kappa shape index (κ2) is 6.78. The molecule has 0 amide bonds. The number of hydrogen-bond donors (Lipinski definition) is 0. The summed E-state index contributed by atoms with van der Waals surface area (Å²) in [6.45, 7) is 1.94. The zero-order valence-electron chi connectivity index (χ0n) is 11.0. The van der Waals surface area contributed by atoms with Crippen LogP contribution in [-0.4, -0.2) is 11.3 Å². The van der Waals surface area contributed by atoms with Crippen molar-refractivity contribution in [2.24, 2.45) is 0 Å². The minimum absolute atomic E-state index is 0.0499. The molecule has 2 aromatic carbocycles. The third-order valence-electron chi connectivity index (χ3n) is 2.81. The molecule has 0 radical (unpaired) electrons. The highest BCUT2D eigenvalue weighted by Gasteiger charge is 2.09. The summed E-state index contributed by atoms with van der Waals surface area (Å²) >= 11 is 11.7. The molecule has 1 unspecified atom stereocenters. The fourth-order valence-corrected chi connectivity index (χ4v) is 1.91. The molecule has 0 fully saturated rings. The molecule has 2 nitrogen and oxygen atoms in total. The van der Waals surface area contributed by atoms with E-state index in [-0.39, 0.29) is 11.3 Å². The van der Waals surface area contributed by atoms with Crippen molar-refractivity contribution in [1.29, 1.82) is 0 Å². The van der Waals surface area contributed by atoms with Crippen LogP contribution in [0.4, 0.5) is 0 Å². The summed E-state index contributed by atoms with van der Waals surface area (Å²) in [4.78, 5) is 12.2. The Morgan fingerprint density at radius 1 is 1.05 bits per heavy atom. The average Bonchev–Trinajstić information content (AvgIpc) is 2.48. The van der Waals surface area contributed by atoms with E-state index >= 15 is 0 Å². The summed E-state index contributed by atoms with van der Waals surface area (Å²) in [7, 11) is 0. The van der Waals surface area contributed by atoms with Crippen LogP contribution in [0.2, 0.25) is 5.02 Å². The Morgan fingerprint density at radius 2 is 1.55 bits per heavy atom. The fraction of sp³-hybridized carbons (Fsp3) is 0.188. The molecule has 0 aliphatic heterocycles. The van der Waals surface area contributed by atoms with Gasteiger partial charge in [-0.15, -0.1) is 0 Å². The summed E-state index contributed by atoms with van der Waals surface area (Å²) < 4.78 is 5.46. The van der Waals surface area contributed by atoms with Gasteiger partial charge < -0.3 is 4.74 Å². The van der Waals surface area contributed by atoms with Crippen LogP contribution in [0.15, 0.2) is 48.5 Å². The first-order valence-corrected chi connectivity index (χ1v) is 7.12. The molecule has 0 heterocycles. The Bertz CT molecular complexity index is 576. The molecule has 2 aromatic rings. The predicted octanol–water partition coefficient (Wildman–Crippen LogP) is 4.92. The third-order valence-corrected chi connectivity index (χ3v) is 3.46. The second-order valence-electron chi connectivity index (χ2n) is 4.30. The van der Waals surface area contributed by atoms with E-state index in [1.165, 1.54) is 0 Å². The van der Waals surface area contributed by atoms with Gasteiger partial charge in [0.15, 0.2) is 11.3 Å². The summed E-state index contributed by atoms with van der Waals surface area (Å²) in [5.41, 5.74) is 0.849. The lowest BCUT2D eigenvalue weighted by Crippen LogP contribution is -2.07. The van der Waals surface area contributed by atoms with Crippen molar-refractivity contribution in [2.45, 2.75) is 18.9 Å². The zero-order valence-corrected chi connectivity index (χ0v) is 12.5. The summed E-state index contributed by atoms with van der Waals surface area (Å²) in [5, 5.41) is 0.609. The number of alkyl halides is 1. The van der Waals surface area contributed by atoms with Crippen LogP contribution in [-0.2, 0) is 0 Å². The smallest absolute Gasteiger partial charge is 0.193 e. The highest BCUT2D eigenvalue weighted by Crippen LogP contribution is 2.19. The van der Waals surface area contributed by atoms with Gasteiger partial charge in [0.25, 0.3) is 0 Å². The molecule has 0 aliphatic carbocycles. The van der Waals surface area contributed by atoms with Crippen molar-refractivity contribution < 1.29 is 9.53 Å². The molecule has 0 aliphatic rings. The van der Waals surface area contributed by atoms with Gasteiger partial charge in [-0.3, -0.25) is 4.79 Å². The van der Waals surface area contributed by atoms with E-state index in [2.05, 4.69) is 0 Å². The van der Waals surface area contributed by atoms with Crippen LogP contribution in [0.3, 0.4) is 0 Å². The fourth-order valence-electron chi connectivity index (χ4n) is 1.68. The number of ether oxygens (including phenoxy) is 1. The van der Waals surface area contributed by atoms with Gasteiger partial charge in [-0.1, -0.05) is 30.1 Å². The van der Waals surface area contributed by atoms with Crippen LogP contribution in [0.25, 0.3) is 0 Å². The Balaban J connectivity index is 2.13. The van der Waals surface area contributed by atoms with Crippen molar-refractivity contribution in [1.82, 2.24) is 0 Å². The van der Waals surface area contributed by atoms with Crippen LogP contribution in [0.1, 0.15) is 29.3 Å². The first-order chi connectivity index (χ1) is 9.60. The Kier molecular flexibility index (Phi) is 5.05. The van der Waals surface area contributed by atoms with E-state index in [0.717, 1.165) is 0 Å². The van der Waals surface area contributed by atoms with Crippen molar-refractivity contribution in [3.63, 3.8) is 0 Å². The van der Waals surface area contributed by atoms with Gasteiger partial charge in [0, 0.05) is 16.1 Å². The van der Waals surface area contributed by atoms with Crippen molar-refractivity contribution in [3.05, 3.63) is 64.7 Å². The summed E-state index contributed by atoms with van der Waals surface area (Å²) in [6, 6.07) is 13.8. The van der Waals surface area contributed by atoms with Crippen LogP contribution in [0.5, 0.6) is 5.75 Å². The molecule has 0 saturated heterocycles. The van der Waals surface area contributed by atoms with Crippen molar-refractivity contribution >= 4 is 29.0 Å². The maximum Gasteiger partial charge on any atom is 0.193 e. The van der Waals surface area contributed by atoms with Crippen LogP contribution in [0, 0.1) is 0 Å². The van der Waals surface area contributed by atoms with Gasteiger partial charge >= 0.3 is 0 Å². The number of carbonyl (C=O) groups is 1. The normalized spacial score (nSPS) is 11.9. The van der Waals surface area contributed by atoms with Crippen molar-refractivity contribution in [3.8, 4) is 5.75 Å². The standard InChI is InChI=1S/C16H14Cl2O2/c1-2-15(18)20-14-9-5-12(6-10-14)16(19)11-3-7-13(17)8-4-11/h3-10,15H,2H2,1H3. The highest BCUT2D eigenvalue weighted by molar-refractivity contribution is 6.30. The van der Waals surface area contributed by atoms with E-state index in [1.54, 1.807) is 48.5 Å². The molecule has 0 saturated carbocycles. The largest absolute Gasteiger partial charge is 0.475 e. The lowest BCUT2D eigenvalue weighted by atomic mass is 10.0. The minimum Gasteiger partial charge on any atom is -0.475 e. The predicted molar refractivity (Wildman–Crippen MR) is 81.9 cm³/mol. The van der Waals surface area contributed by atoms with E-state index in [4.69, 9.17) is 27.9 Å². The molecule has 0 bridgehead atoms. The molecule has 0 aromatic heterocycles. The maximum absolute atomic E-state index is 12.2. The number of carbonyl (C=O) groups excluding carboxylic acids is 1. The van der Waals surface area contributed by atoms with Gasteiger partial charge in [0.2, 0.25) is 0 Å². The maximum atomic E-state index is 12.2. The monoisotopic (exact) mass is 308 g/mol. The molecule has 1 atom stereocenters. The molecule has 0 spiro atoms. The number of rotatable bonds is 5. The lowest BCUT2D eigenvalue weighted by Gasteiger charge is -2.10. The number of halogens is 2. The summed E-state index contributed by atoms with van der Waals surface area (Å²) in [5.74, 6) is 0.602. The van der Waals surface area contributed by atoms with Gasteiger partial charge in [-0.05, 0) is 55.0 Å². The molecule has 20 heavy (non-hydrogen) atoms. The topological polar surface area (TPSA) is 26.3 Å². The quantitative estimate of drug-likeness (QED) is 0.578. The molecular formula is C16H14Cl2O2. The Morgan fingerprint density at radius 3 is 2.05 bits per heavy atom. The van der Waals surface area contributed by atoms with E-state index in [1.807, 2.05) is 6.92 Å². The average molecular weight is 309 g/mol. The van der Waals surface area contributed by atoms with Gasteiger partial charge in [-0.25, -0.2) is 0 Å². The first kappa shape index (κ1) is 14.9. The van der Waals surface area contributed by atoms with E-state index in [0.29, 0.717) is 28.3 Å². The van der Waals surface area contributed by atoms with Crippen LogP contribution < -0.4 is 4.74 Å². The Labute approximate surface area is 128 Å². The molecule has 104 valence electrons. The minimum atomic E-state index is -0.354. The first-order valence-electron chi connectivity index (χ1n) is 6.31. The SMILES string of the molecule is CCC(Cl)Oc1ccc(C(=O)c2ccc(Cl)cc2)cc1. The van der Waals surface area contributed by atoms with Gasteiger partial charge in [0.05, 0.1) is 0 Å². The number of ketones is 1.